The molecule has 2 rings (SSSR count). The van der Waals surface area contributed by atoms with Gasteiger partial charge in [0.25, 0.3) is 0 Å². The van der Waals surface area contributed by atoms with E-state index in [4.69, 9.17) is 0 Å². The van der Waals surface area contributed by atoms with Crippen molar-refractivity contribution in [2.45, 2.75) is 51.9 Å². The van der Waals surface area contributed by atoms with Crippen LogP contribution in [0.4, 0.5) is 0 Å². The number of sulfonamides is 1. The molecule has 0 amide bonds. The van der Waals surface area contributed by atoms with Crippen LogP contribution in [-0.4, -0.2) is 25.8 Å². The Balaban J connectivity index is 0.000000861. The second-order valence-corrected chi connectivity index (χ2v) is 6.64. The van der Waals surface area contributed by atoms with Gasteiger partial charge in [-0.05, 0) is 43.9 Å². The fourth-order valence-corrected chi connectivity index (χ4v) is 4.06. The third kappa shape index (κ3) is 3.80. The number of benzene rings is 1. The Kier molecular flexibility index (Phi) is 6.01. The van der Waals surface area contributed by atoms with Gasteiger partial charge in [0.15, 0.2) is 0 Å². The minimum atomic E-state index is -3.28. The second kappa shape index (κ2) is 7.06. The SMILES string of the molecule is CC.Cc1ccc(C)c(S(=O)(=O)N2CCCCC2)c1. The van der Waals surface area contributed by atoms with Crippen molar-refractivity contribution in [3.8, 4) is 0 Å². The van der Waals surface area contributed by atoms with E-state index in [1.807, 2.05) is 39.8 Å². The summed E-state index contributed by atoms with van der Waals surface area (Å²) in [6.07, 6.45) is 3.09. The zero-order valence-corrected chi connectivity index (χ0v) is 13.3. The van der Waals surface area contributed by atoms with Gasteiger partial charge in [0, 0.05) is 13.1 Å². The Morgan fingerprint density at radius 2 is 1.58 bits per heavy atom. The van der Waals surface area contributed by atoms with Crippen molar-refractivity contribution in [2.24, 2.45) is 0 Å². The molecule has 3 nitrogen and oxygen atoms in total. The average molecular weight is 283 g/mol. The van der Waals surface area contributed by atoms with Gasteiger partial charge in [-0.1, -0.05) is 32.4 Å². The third-order valence-corrected chi connectivity index (χ3v) is 5.32. The predicted molar refractivity (Wildman–Crippen MR) is 79.9 cm³/mol. The monoisotopic (exact) mass is 283 g/mol. The van der Waals surface area contributed by atoms with Crippen molar-refractivity contribution in [3.63, 3.8) is 0 Å². The van der Waals surface area contributed by atoms with Crippen LogP contribution in [0.15, 0.2) is 23.1 Å². The molecule has 108 valence electrons. The Labute approximate surface area is 117 Å². The van der Waals surface area contributed by atoms with E-state index in [0.717, 1.165) is 30.4 Å². The van der Waals surface area contributed by atoms with Gasteiger partial charge in [-0.2, -0.15) is 4.31 Å². The lowest BCUT2D eigenvalue weighted by Crippen LogP contribution is -2.35. The molecule has 0 aromatic heterocycles. The second-order valence-electron chi connectivity index (χ2n) is 4.73. The van der Waals surface area contributed by atoms with E-state index in [1.54, 1.807) is 10.4 Å². The first-order valence-electron chi connectivity index (χ1n) is 7.09. The lowest BCUT2D eigenvalue weighted by atomic mass is 10.2. The summed E-state index contributed by atoms with van der Waals surface area (Å²) in [4.78, 5) is 0.472. The average Bonchev–Trinajstić information content (AvgIpc) is 2.44. The minimum absolute atomic E-state index is 0.472. The first kappa shape index (κ1) is 16.2. The highest BCUT2D eigenvalue weighted by Gasteiger charge is 2.27. The van der Waals surface area contributed by atoms with Crippen LogP contribution in [0.3, 0.4) is 0 Å². The normalized spacial score (nSPS) is 16.6. The number of nitrogens with zero attached hydrogens (tertiary/aromatic N) is 1. The molecule has 1 heterocycles. The molecule has 0 atom stereocenters. The maximum absolute atomic E-state index is 12.5. The Morgan fingerprint density at radius 3 is 2.16 bits per heavy atom. The van der Waals surface area contributed by atoms with Gasteiger partial charge in [-0.15, -0.1) is 0 Å². The van der Waals surface area contributed by atoms with E-state index >= 15 is 0 Å². The molecular formula is C15H25NO2S. The summed E-state index contributed by atoms with van der Waals surface area (Å²) in [6, 6.07) is 5.61. The molecule has 1 aromatic carbocycles. The molecule has 1 aromatic rings. The Bertz CT molecular complexity index is 503. The first-order valence-corrected chi connectivity index (χ1v) is 8.53. The number of rotatable bonds is 2. The molecule has 0 bridgehead atoms. The van der Waals surface area contributed by atoms with Crippen LogP contribution >= 0.6 is 0 Å². The van der Waals surface area contributed by atoms with Crippen molar-refractivity contribution in [1.29, 1.82) is 0 Å². The molecule has 1 fully saturated rings. The summed E-state index contributed by atoms with van der Waals surface area (Å²) in [5.41, 5.74) is 1.83. The summed E-state index contributed by atoms with van der Waals surface area (Å²) in [6.45, 7) is 9.11. The van der Waals surface area contributed by atoms with Crippen LogP contribution in [-0.2, 0) is 10.0 Å². The number of piperidine rings is 1. The van der Waals surface area contributed by atoms with Gasteiger partial charge in [-0.3, -0.25) is 0 Å². The molecule has 1 saturated heterocycles. The molecule has 0 spiro atoms. The lowest BCUT2D eigenvalue weighted by molar-refractivity contribution is 0.346. The highest BCUT2D eigenvalue weighted by Crippen LogP contribution is 2.23. The maximum atomic E-state index is 12.5. The van der Waals surface area contributed by atoms with E-state index in [0.29, 0.717) is 18.0 Å². The fourth-order valence-electron chi connectivity index (χ4n) is 2.23. The van der Waals surface area contributed by atoms with Gasteiger partial charge < -0.3 is 0 Å². The van der Waals surface area contributed by atoms with Gasteiger partial charge >= 0.3 is 0 Å². The van der Waals surface area contributed by atoms with Crippen LogP contribution in [0.25, 0.3) is 0 Å². The van der Waals surface area contributed by atoms with Crippen LogP contribution < -0.4 is 0 Å². The van der Waals surface area contributed by atoms with E-state index in [-0.39, 0.29) is 0 Å². The van der Waals surface area contributed by atoms with Crippen LogP contribution in [0, 0.1) is 13.8 Å². The largest absolute Gasteiger partial charge is 0.243 e. The highest BCUT2D eigenvalue weighted by molar-refractivity contribution is 7.89. The summed E-state index contributed by atoms with van der Waals surface area (Å²) in [5, 5.41) is 0. The standard InChI is InChI=1S/C13H19NO2S.C2H6/c1-11-6-7-12(2)13(10-11)17(15,16)14-8-4-3-5-9-14;1-2/h6-7,10H,3-5,8-9H2,1-2H3;1-2H3. The lowest BCUT2D eigenvalue weighted by Gasteiger charge is -2.26. The minimum Gasteiger partial charge on any atom is -0.207 e. The van der Waals surface area contributed by atoms with Gasteiger partial charge in [0.05, 0.1) is 4.90 Å². The quantitative estimate of drug-likeness (QED) is 0.833. The van der Waals surface area contributed by atoms with Crippen LogP contribution in [0.2, 0.25) is 0 Å². The molecule has 0 saturated carbocycles. The van der Waals surface area contributed by atoms with Crippen molar-refractivity contribution < 1.29 is 8.42 Å². The molecule has 0 aliphatic carbocycles. The summed E-state index contributed by atoms with van der Waals surface area (Å²) >= 11 is 0. The molecule has 0 N–H and O–H groups in total. The fraction of sp³-hybridized carbons (Fsp3) is 0.600. The van der Waals surface area contributed by atoms with E-state index < -0.39 is 10.0 Å². The van der Waals surface area contributed by atoms with E-state index in [9.17, 15) is 8.42 Å². The zero-order chi connectivity index (χ0) is 14.5. The smallest absolute Gasteiger partial charge is 0.207 e. The van der Waals surface area contributed by atoms with Gasteiger partial charge in [0.1, 0.15) is 0 Å². The zero-order valence-electron chi connectivity index (χ0n) is 12.4. The first-order chi connectivity index (χ1) is 9.01. The molecule has 0 radical (unpaired) electrons. The molecule has 4 heteroatoms. The molecule has 1 aliphatic heterocycles. The Morgan fingerprint density at radius 1 is 1.00 bits per heavy atom. The molecule has 0 unspecified atom stereocenters. The van der Waals surface area contributed by atoms with Gasteiger partial charge in [-0.25, -0.2) is 8.42 Å². The van der Waals surface area contributed by atoms with Crippen LogP contribution in [0.5, 0.6) is 0 Å². The predicted octanol–water partition coefficient (Wildman–Crippen LogP) is 3.50. The summed E-state index contributed by atoms with van der Waals surface area (Å²) in [5.74, 6) is 0. The summed E-state index contributed by atoms with van der Waals surface area (Å²) in [7, 11) is -3.28. The summed E-state index contributed by atoms with van der Waals surface area (Å²) < 4.78 is 26.6. The number of hydrogen-bond donors (Lipinski definition) is 0. The van der Waals surface area contributed by atoms with Crippen molar-refractivity contribution in [3.05, 3.63) is 29.3 Å². The van der Waals surface area contributed by atoms with E-state index in [2.05, 4.69) is 0 Å². The molecule has 1 aliphatic rings. The van der Waals surface area contributed by atoms with Crippen molar-refractivity contribution in [2.75, 3.05) is 13.1 Å². The third-order valence-electron chi connectivity index (χ3n) is 3.28. The molecule has 19 heavy (non-hydrogen) atoms. The maximum Gasteiger partial charge on any atom is 0.243 e. The highest BCUT2D eigenvalue weighted by atomic mass is 32.2. The van der Waals surface area contributed by atoms with Crippen molar-refractivity contribution >= 4 is 10.0 Å². The Hall–Kier alpha value is -0.870. The number of hydrogen-bond acceptors (Lipinski definition) is 2. The molecular weight excluding hydrogens is 258 g/mol. The topological polar surface area (TPSA) is 37.4 Å². The van der Waals surface area contributed by atoms with E-state index in [1.165, 1.54) is 0 Å². The number of aryl methyl sites for hydroxylation is 2. The van der Waals surface area contributed by atoms with Gasteiger partial charge in [0.2, 0.25) is 10.0 Å². The van der Waals surface area contributed by atoms with Crippen LogP contribution in [0.1, 0.15) is 44.2 Å². The van der Waals surface area contributed by atoms with Crippen molar-refractivity contribution in [1.82, 2.24) is 4.31 Å².